The molecule has 0 radical (unpaired) electrons. The lowest BCUT2D eigenvalue weighted by atomic mass is 10.0. The molecule has 134 valence electrons. The second-order valence-corrected chi connectivity index (χ2v) is 5.88. The van der Waals surface area contributed by atoms with Crippen molar-refractivity contribution in [1.29, 1.82) is 0 Å². The topological polar surface area (TPSA) is 59.3 Å². The third-order valence-corrected chi connectivity index (χ3v) is 3.61. The molecule has 8 heteroatoms. The fourth-order valence-corrected chi connectivity index (χ4v) is 2.37. The Labute approximate surface area is 140 Å². The summed E-state index contributed by atoms with van der Waals surface area (Å²) in [4.78, 5) is 23.3. The first-order valence-electron chi connectivity index (χ1n) is 7.34. The molecule has 0 saturated carbocycles. The Bertz CT molecular complexity index is 822. The van der Waals surface area contributed by atoms with E-state index in [-0.39, 0.29) is 35.1 Å². The van der Waals surface area contributed by atoms with E-state index in [0.29, 0.717) is 12.1 Å². The lowest BCUT2D eigenvalue weighted by Gasteiger charge is -2.11. The molecule has 1 N–H and O–H groups in total. The van der Waals surface area contributed by atoms with Gasteiger partial charge in [0.1, 0.15) is 11.5 Å². The van der Waals surface area contributed by atoms with Crippen molar-refractivity contribution >= 4 is 11.8 Å². The molecule has 0 aliphatic heterocycles. The average Bonchev–Trinajstić information content (AvgIpc) is 2.91. The smallest absolute Gasteiger partial charge is 0.419 e. The van der Waals surface area contributed by atoms with Crippen molar-refractivity contribution in [3.05, 3.63) is 58.7 Å². The van der Waals surface area contributed by atoms with E-state index in [2.05, 4.69) is 0 Å². The van der Waals surface area contributed by atoms with E-state index in [1.807, 2.05) is 0 Å². The van der Waals surface area contributed by atoms with E-state index < -0.39 is 23.5 Å². The highest BCUT2D eigenvalue weighted by Crippen LogP contribution is 2.32. The molecule has 0 aliphatic carbocycles. The van der Waals surface area contributed by atoms with Gasteiger partial charge in [-0.15, -0.1) is 0 Å². The van der Waals surface area contributed by atoms with Crippen molar-refractivity contribution in [2.75, 3.05) is 0 Å². The number of hydrogen-bond acceptors (Lipinski definition) is 2. The number of halogens is 4. The van der Waals surface area contributed by atoms with Crippen LogP contribution in [-0.4, -0.2) is 21.4 Å². The molecule has 0 atom stereocenters. The molecular weight excluding hydrogens is 342 g/mol. The summed E-state index contributed by atoms with van der Waals surface area (Å²) in [6.45, 7) is 3.06. The van der Waals surface area contributed by atoms with Gasteiger partial charge < -0.3 is 9.67 Å². The normalized spacial score (nSPS) is 11.8. The van der Waals surface area contributed by atoms with Crippen LogP contribution in [0.15, 0.2) is 30.5 Å². The summed E-state index contributed by atoms with van der Waals surface area (Å²) < 4.78 is 52.9. The fraction of sp³-hybridized carbons (Fsp3) is 0.294. The Morgan fingerprint density at radius 3 is 2.36 bits per heavy atom. The molecule has 1 heterocycles. The van der Waals surface area contributed by atoms with Crippen molar-refractivity contribution in [3.8, 4) is 0 Å². The quantitative estimate of drug-likeness (QED) is 0.643. The molecule has 0 spiro atoms. The number of carbonyl (C=O) groups is 2. The zero-order valence-corrected chi connectivity index (χ0v) is 13.4. The molecule has 25 heavy (non-hydrogen) atoms. The Kier molecular flexibility index (Phi) is 5.01. The van der Waals surface area contributed by atoms with Gasteiger partial charge in [-0.3, -0.25) is 4.79 Å². The minimum atomic E-state index is -4.86. The second-order valence-electron chi connectivity index (χ2n) is 5.88. The molecular formula is C17H15F4NO3. The zero-order valence-electron chi connectivity index (χ0n) is 13.4. The Balaban J connectivity index is 2.43. The highest BCUT2D eigenvalue weighted by atomic mass is 19.4. The molecule has 4 nitrogen and oxygen atoms in total. The third kappa shape index (κ3) is 4.07. The van der Waals surface area contributed by atoms with Crippen LogP contribution >= 0.6 is 0 Å². The predicted molar refractivity (Wildman–Crippen MR) is 81.1 cm³/mol. The average molecular weight is 357 g/mol. The van der Waals surface area contributed by atoms with E-state index in [4.69, 9.17) is 0 Å². The third-order valence-electron chi connectivity index (χ3n) is 3.61. The van der Waals surface area contributed by atoms with Crippen molar-refractivity contribution < 1.29 is 32.3 Å². The first kappa shape index (κ1) is 18.7. The molecule has 0 fully saturated rings. The molecule has 0 saturated heterocycles. The van der Waals surface area contributed by atoms with Crippen molar-refractivity contribution in [1.82, 2.24) is 4.57 Å². The molecule has 2 aromatic rings. The summed E-state index contributed by atoms with van der Waals surface area (Å²) >= 11 is 0. The number of Topliss-reactive ketones (excluding diaryl/α,β-unsaturated/α-hetero) is 1. The number of benzene rings is 1. The van der Waals surface area contributed by atoms with Crippen LogP contribution in [-0.2, 0) is 12.7 Å². The van der Waals surface area contributed by atoms with Gasteiger partial charge in [0.05, 0.1) is 5.56 Å². The van der Waals surface area contributed by atoms with Crippen molar-refractivity contribution in [3.63, 3.8) is 0 Å². The minimum Gasteiger partial charge on any atom is -0.477 e. The summed E-state index contributed by atoms with van der Waals surface area (Å²) in [7, 11) is 0. The van der Waals surface area contributed by atoms with Crippen molar-refractivity contribution in [2.24, 2.45) is 5.92 Å². The van der Waals surface area contributed by atoms with Gasteiger partial charge in [0.15, 0.2) is 5.78 Å². The molecule has 1 aromatic carbocycles. The van der Waals surface area contributed by atoms with Gasteiger partial charge in [-0.2, -0.15) is 13.2 Å². The standard InChI is InChI=1S/C17H15F4NO3/c1-9(2)15(23)11-6-14(16(24)25)22(8-11)7-10-3-4-13(18)12(5-10)17(19,20)21/h3-6,8-9H,7H2,1-2H3,(H,24,25). The first-order chi connectivity index (χ1) is 11.5. The van der Waals surface area contributed by atoms with Crippen molar-refractivity contribution in [2.45, 2.75) is 26.6 Å². The van der Waals surface area contributed by atoms with Crippen LogP contribution in [0.5, 0.6) is 0 Å². The highest BCUT2D eigenvalue weighted by Gasteiger charge is 2.34. The van der Waals surface area contributed by atoms with Crippen LogP contribution in [0.1, 0.15) is 45.8 Å². The summed E-state index contributed by atoms with van der Waals surface area (Å²) in [6.07, 6.45) is -3.58. The minimum absolute atomic E-state index is 0.0652. The van der Waals surface area contributed by atoms with Crippen LogP contribution in [0.4, 0.5) is 17.6 Å². The maximum Gasteiger partial charge on any atom is 0.419 e. The lowest BCUT2D eigenvalue weighted by molar-refractivity contribution is -0.140. The Hall–Kier alpha value is -2.64. The number of ketones is 1. The number of hydrogen-bond donors (Lipinski definition) is 1. The van der Waals surface area contributed by atoms with Crippen LogP contribution in [0.25, 0.3) is 0 Å². The number of carboxylic acids is 1. The van der Waals surface area contributed by atoms with Gasteiger partial charge in [0, 0.05) is 24.2 Å². The largest absolute Gasteiger partial charge is 0.477 e. The summed E-state index contributed by atoms with van der Waals surface area (Å²) in [5.41, 5.74) is -1.43. The number of rotatable bonds is 5. The van der Waals surface area contributed by atoms with E-state index in [9.17, 15) is 32.3 Å². The maximum absolute atomic E-state index is 13.3. The van der Waals surface area contributed by atoms with E-state index in [0.717, 1.165) is 10.6 Å². The molecule has 0 aliphatic rings. The van der Waals surface area contributed by atoms with E-state index >= 15 is 0 Å². The monoisotopic (exact) mass is 357 g/mol. The van der Waals surface area contributed by atoms with E-state index in [1.54, 1.807) is 13.8 Å². The van der Waals surface area contributed by atoms with Gasteiger partial charge in [0.2, 0.25) is 0 Å². The SMILES string of the molecule is CC(C)C(=O)c1cc(C(=O)O)n(Cc2ccc(F)c(C(F)(F)F)c2)c1. The van der Waals surface area contributed by atoms with Gasteiger partial charge >= 0.3 is 12.1 Å². The maximum atomic E-state index is 13.3. The number of aromatic nitrogens is 1. The molecule has 0 amide bonds. The van der Waals surface area contributed by atoms with Gasteiger partial charge in [-0.05, 0) is 23.8 Å². The number of nitrogens with zero attached hydrogens (tertiary/aromatic N) is 1. The second kappa shape index (κ2) is 6.70. The summed E-state index contributed by atoms with van der Waals surface area (Å²) in [6, 6.07) is 3.63. The van der Waals surface area contributed by atoms with Crippen LogP contribution < -0.4 is 0 Å². The van der Waals surface area contributed by atoms with Crippen LogP contribution in [0, 0.1) is 11.7 Å². The molecule has 0 bridgehead atoms. The van der Waals surface area contributed by atoms with Crippen LogP contribution in [0.2, 0.25) is 0 Å². The number of carbonyl (C=O) groups excluding carboxylic acids is 1. The Morgan fingerprint density at radius 2 is 1.84 bits per heavy atom. The number of carboxylic acid groups (broad SMARTS) is 1. The predicted octanol–water partition coefficient (Wildman–Crippen LogP) is 4.23. The van der Waals surface area contributed by atoms with Gasteiger partial charge in [-0.25, -0.2) is 9.18 Å². The summed E-state index contributed by atoms with van der Waals surface area (Å²) in [5.74, 6) is -3.37. The zero-order chi connectivity index (χ0) is 18.9. The number of aromatic carboxylic acids is 1. The van der Waals surface area contributed by atoms with E-state index in [1.165, 1.54) is 12.3 Å². The van der Waals surface area contributed by atoms with Crippen LogP contribution in [0.3, 0.4) is 0 Å². The first-order valence-corrected chi connectivity index (χ1v) is 7.34. The highest BCUT2D eigenvalue weighted by molar-refractivity contribution is 5.99. The molecule has 0 unspecified atom stereocenters. The Morgan fingerprint density at radius 1 is 1.20 bits per heavy atom. The molecule has 2 rings (SSSR count). The van der Waals surface area contributed by atoms with Gasteiger partial charge in [0.25, 0.3) is 0 Å². The van der Waals surface area contributed by atoms with Gasteiger partial charge in [-0.1, -0.05) is 19.9 Å². The molecule has 1 aromatic heterocycles. The number of alkyl halides is 3. The summed E-state index contributed by atoms with van der Waals surface area (Å²) in [5, 5.41) is 9.23. The fourth-order valence-electron chi connectivity index (χ4n) is 2.37. The lowest BCUT2D eigenvalue weighted by Crippen LogP contribution is -2.12.